The molecule has 3 unspecified atom stereocenters. The maximum Gasteiger partial charge on any atom is 0.0320 e. The number of hydrogen-bond donors (Lipinski definition) is 2. The van der Waals surface area contributed by atoms with Crippen molar-refractivity contribution < 1.29 is 0 Å². The second-order valence-corrected chi connectivity index (χ2v) is 5.95. The SMILES string of the molecule is CC1CCC(C(C)C)C(NC2CNC2)C1. The third kappa shape index (κ3) is 2.73. The molecule has 1 saturated heterocycles. The highest BCUT2D eigenvalue weighted by atomic mass is 15.1. The van der Waals surface area contributed by atoms with Crippen molar-refractivity contribution in [3.8, 4) is 0 Å². The molecule has 0 amide bonds. The second kappa shape index (κ2) is 4.84. The van der Waals surface area contributed by atoms with E-state index in [2.05, 4.69) is 31.4 Å². The van der Waals surface area contributed by atoms with Crippen LogP contribution in [0, 0.1) is 17.8 Å². The molecule has 15 heavy (non-hydrogen) atoms. The number of rotatable bonds is 3. The molecule has 1 heterocycles. The van der Waals surface area contributed by atoms with Gasteiger partial charge in [0, 0.05) is 25.2 Å². The predicted molar refractivity (Wildman–Crippen MR) is 64.9 cm³/mol. The first-order valence-corrected chi connectivity index (χ1v) is 6.63. The summed E-state index contributed by atoms with van der Waals surface area (Å²) in [6.45, 7) is 9.53. The van der Waals surface area contributed by atoms with Crippen molar-refractivity contribution in [3.63, 3.8) is 0 Å². The van der Waals surface area contributed by atoms with E-state index in [1.165, 1.54) is 32.4 Å². The summed E-state index contributed by atoms with van der Waals surface area (Å²) in [6.07, 6.45) is 4.25. The van der Waals surface area contributed by atoms with Crippen molar-refractivity contribution in [2.75, 3.05) is 13.1 Å². The van der Waals surface area contributed by atoms with Crippen LogP contribution in [0.15, 0.2) is 0 Å². The second-order valence-electron chi connectivity index (χ2n) is 5.95. The maximum absolute atomic E-state index is 3.85. The molecule has 2 nitrogen and oxygen atoms in total. The maximum atomic E-state index is 3.85. The molecule has 1 saturated carbocycles. The summed E-state index contributed by atoms with van der Waals surface area (Å²) in [5.41, 5.74) is 0. The summed E-state index contributed by atoms with van der Waals surface area (Å²) in [5.74, 6) is 2.66. The Morgan fingerprint density at radius 3 is 2.47 bits per heavy atom. The molecule has 0 bridgehead atoms. The Balaban J connectivity index is 1.89. The fraction of sp³-hybridized carbons (Fsp3) is 1.00. The quantitative estimate of drug-likeness (QED) is 0.744. The molecule has 0 aromatic carbocycles. The molecule has 2 fully saturated rings. The molecule has 0 spiro atoms. The molecule has 2 rings (SSSR count). The highest BCUT2D eigenvalue weighted by molar-refractivity contribution is 4.91. The van der Waals surface area contributed by atoms with Gasteiger partial charge in [-0.15, -0.1) is 0 Å². The third-order valence-corrected chi connectivity index (χ3v) is 4.25. The van der Waals surface area contributed by atoms with Crippen LogP contribution in [0.4, 0.5) is 0 Å². The minimum absolute atomic E-state index is 0.751. The minimum Gasteiger partial charge on any atom is -0.314 e. The van der Waals surface area contributed by atoms with Gasteiger partial charge in [-0.25, -0.2) is 0 Å². The van der Waals surface area contributed by atoms with Crippen LogP contribution >= 0.6 is 0 Å². The Bertz CT molecular complexity index is 199. The third-order valence-electron chi connectivity index (χ3n) is 4.25. The van der Waals surface area contributed by atoms with E-state index in [-0.39, 0.29) is 0 Å². The van der Waals surface area contributed by atoms with Crippen LogP contribution in [0.25, 0.3) is 0 Å². The highest BCUT2D eigenvalue weighted by Gasteiger charge is 2.32. The molecule has 2 aliphatic rings. The molecule has 0 aromatic rings. The van der Waals surface area contributed by atoms with Gasteiger partial charge in [0.15, 0.2) is 0 Å². The van der Waals surface area contributed by atoms with Gasteiger partial charge in [0.2, 0.25) is 0 Å². The van der Waals surface area contributed by atoms with Crippen LogP contribution in [0.3, 0.4) is 0 Å². The Kier molecular flexibility index (Phi) is 3.68. The van der Waals surface area contributed by atoms with E-state index in [1.807, 2.05) is 0 Å². The zero-order valence-electron chi connectivity index (χ0n) is 10.4. The molecule has 0 aromatic heterocycles. The summed E-state index contributed by atoms with van der Waals surface area (Å²) in [5, 5.41) is 7.20. The summed E-state index contributed by atoms with van der Waals surface area (Å²) in [7, 11) is 0. The van der Waals surface area contributed by atoms with Gasteiger partial charge in [0.25, 0.3) is 0 Å². The predicted octanol–water partition coefficient (Wildman–Crippen LogP) is 2.01. The van der Waals surface area contributed by atoms with E-state index in [9.17, 15) is 0 Å². The van der Waals surface area contributed by atoms with Crippen LogP contribution in [-0.4, -0.2) is 25.2 Å². The lowest BCUT2D eigenvalue weighted by Gasteiger charge is -2.42. The van der Waals surface area contributed by atoms with Gasteiger partial charge in [-0.1, -0.05) is 27.2 Å². The van der Waals surface area contributed by atoms with Gasteiger partial charge in [-0.05, 0) is 30.6 Å². The van der Waals surface area contributed by atoms with Gasteiger partial charge >= 0.3 is 0 Å². The summed E-state index contributed by atoms with van der Waals surface area (Å²) in [6, 6.07) is 1.53. The zero-order valence-corrected chi connectivity index (χ0v) is 10.4. The van der Waals surface area contributed by atoms with Crippen LogP contribution in [0.5, 0.6) is 0 Å². The Labute approximate surface area is 94.2 Å². The molecule has 88 valence electrons. The van der Waals surface area contributed by atoms with E-state index < -0.39 is 0 Å². The first kappa shape index (κ1) is 11.4. The lowest BCUT2D eigenvalue weighted by atomic mass is 9.73. The molecule has 3 atom stereocenters. The first-order chi connectivity index (χ1) is 7.16. The molecule has 0 radical (unpaired) electrons. The largest absolute Gasteiger partial charge is 0.314 e. The lowest BCUT2D eigenvalue weighted by Crippen LogP contribution is -2.60. The molecule has 2 heteroatoms. The van der Waals surface area contributed by atoms with Crippen molar-refractivity contribution in [1.82, 2.24) is 10.6 Å². The van der Waals surface area contributed by atoms with Crippen molar-refractivity contribution >= 4 is 0 Å². The normalized spacial score (nSPS) is 38.0. The standard InChI is InChI=1S/C13H26N2/c1-9(2)12-5-4-10(3)6-13(12)15-11-7-14-8-11/h9-15H,4-8H2,1-3H3. The van der Waals surface area contributed by atoms with Gasteiger partial charge < -0.3 is 10.6 Å². The van der Waals surface area contributed by atoms with Crippen molar-refractivity contribution in [2.45, 2.75) is 52.1 Å². The Morgan fingerprint density at radius 2 is 1.93 bits per heavy atom. The minimum atomic E-state index is 0.751. The highest BCUT2D eigenvalue weighted by Crippen LogP contribution is 2.33. The summed E-state index contributed by atoms with van der Waals surface area (Å²) < 4.78 is 0. The van der Waals surface area contributed by atoms with Crippen molar-refractivity contribution in [2.24, 2.45) is 17.8 Å². The average molecular weight is 210 g/mol. The van der Waals surface area contributed by atoms with Gasteiger partial charge in [-0.3, -0.25) is 0 Å². The van der Waals surface area contributed by atoms with E-state index >= 15 is 0 Å². The van der Waals surface area contributed by atoms with Crippen molar-refractivity contribution in [1.29, 1.82) is 0 Å². The number of nitrogens with one attached hydrogen (secondary N) is 2. The topological polar surface area (TPSA) is 24.1 Å². The van der Waals surface area contributed by atoms with Crippen LogP contribution in [-0.2, 0) is 0 Å². The van der Waals surface area contributed by atoms with Crippen LogP contribution in [0.1, 0.15) is 40.0 Å². The van der Waals surface area contributed by atoms with E-state index in [4.69, 9.17) is 0 Å². The first-order valence-electron chi connectivity index (χ1n) is 6.63. The van der Waals surface area contributed by atoms with Crippen molar-refractivity contribution in [3.05, 3.63) is 0 Å². The van der Waals surface area contributed by atoms with Gasteiger partial charge in [0.1, 0.15) is 0 Å². The Morgan fingerprint density at radius 1 is 1.20 bits per heavy atom. The fourth-order valence-corrected chi connectivity index (χ4v) is 3.10. The smallest absolute Gasteiger partial charge is 0.0320 e. The molecular weight excluding hydrogens is 184 g/mol. The monoisotopic (exact) mass is 210 g/mol. The molecule has 1 aliphatic carbocycles. The van der Waals surface area contributed by atoms with Gasteiger partial charge in [0.05, 0.1) is 0 Å². The fourth-order valence-electron chi connectivity index (χ4n) is 3.10. The van der Waals surface area contributed by atoms with E-state index in [0.29, 0.717) is 0 Å². The summed E-state index contributed by atoms with van der Waals surface area (Å²) >= 11 is 0. The molecular formula is C13H26N2. The summed E-state index contributed by atoms with van der Waals surface area (Å²) in [4.78, 5) is 0. The molecule has 1 aliphatic heterocycles. The zero-order chi connectivity index (χ0) is 10.8. The van der Waals surface area contributed by atoms with E-state index in [0.717, 1.165) is 29.8 Å². The Hall–Kier alpha value is -0.0800. The van der Waals surface area contributed by atoms with E-state index in [1.54, 1.807) is 0 Å². The van der Waals surface area contributed by atoms with Crippen LogP contribution < -0.4 is 10.6 Å². The number of hydrogen-bond acceptors (Lipinski definition) is 2. The average Bonchev–Trinajstić information content (AvgIpc) is 2.11. The molecule has 2 N–H and O–H groups in total. The van der Waals surface area contributed by atoms with Crippen LogP contribution in [0.2, 0.25) is 0 Å². The lowest BCUT2D eigenvalue weighted by molar-refractivity contribution is 0.148. The van der Waals surface area contributed by atoms with Gasteiger partial charge in [-0.2, -0.15) is 0 Å².